The molecule has 0 bridgehead atoms. The lowest BCUT2D eigenvalue weighted by atomic mass is 10.2. The highest BCUT2D eigenvalue weighted by molar-refractivity contribution is 7.13. The number of ether oxygens (including phenoxy) is 1. The molecular formula is C13H13N5OS. The number of anilines is 1. The topological polar surface area (TPSA) is 89.7 Å². The van der Waals surface area contributed by atoms with Gasteiger partial charge in [-0.3, -0.25) is 5.10 Å². The number of nitrogens with two attached hydrogens (primary N) is 1. The highest BCUT2D eigenvalue weighted by Crippen LogP contribution is 2.20. The quantitative estimate of drug-likeness (QED) is 0.767. The number of aromatic nitrogens is 4. The number of nitrogen functional groups attached to an aromatic ring is 1. The first-order valence-corrected chi connectivity index (χ1v) is 6.88. The number of hydrogen-bond acceptors (Lipinski definition) is 6. The molecule has 0 radical (unpaired) electrons. The number of benzene rings is 1. The van der Waals surface area contributed by atoms with Crippen LogP contribution in [-0.2, 0) is 6.42 Å². The number of nitrogens with one attached hydrogen (secondary N) is 1. The molecule has 3 rings (SSSR count). The Morgan fingerprint density at radius 2 is 2.05 bits per heavy atom. The third kappa shape index (κ3) is 2.62. The van der Waals surface area contributed by atoms with Crippen molar-refractivity contribution in [2.75, 3.05) is 12.8 Å². The normalized spacial score (nSPS) is 10.7. The zero-order valence-electron chi connectivity index (χ0n) is 10.8. The summed E-state index contributed by atoms with van der Waals surface area (Å²) in [5, 5.41) is 9.62. The van der Waals surface area contributed by atoms with E-state index in [9.17, 15) is 0 Å². The van der Waals surface area contributed by atoms with Gasteiger partial charge in [0.2, 0.25) is 0 Å². The van der Waals surface area contributed by atoms with Crippen molar-refractivity contribution in [3.63, 3.8) is 0 Å². The van der Waals surface area contributed by atoms with Crippen molar-refractivity contribution in [3.8, 4) is 17.1 Å². The van der Waals surface area contributed by atoms with Crippen molar-refractivity contribution in [2.24, 2.45) is 0 Å². The lowest BCUT2D eigenvalue weighted by Crippen LogP contribution is -1.92. The Balaban J connectivity index is 1.78. The number of methoxy groups -OCH3 is 1. The van der Waals surface area contributed by atoms with Gasteiger partial charge >= 0.3 is 0 Å². The molecule has 1 aromatic carbocycles. The maximum Gasteiger partial charge on any atom is 0.181 e. The van der Waals surface area contributed by atoms with Crippen LogP contribution in [0.15, 0.2) is 29.6 Å². The van der Waals surface area contributed by atoms with Crippen molar-refractivity contribution in [1.29, 1.82) is 0 Å². The predicted molar refractivity (Wildman–Crippen MR) is 77.7 cm³/mol. The second kappa shape index (κ2) is 5.30. The number of H-pyrrole nitrogens is 1. The van der Waals surface area contributed by atoms with Crippen LogP contribution in [0.4, 0.5) is 5.13 Å². The summed E-state index contributed by atoms with van der Waals surface area (Å²) >= 11 is 1.42. The van der Waals surface area contributed by atoms with E-state index in [1.807, 2.05) is 29.6 Å². The fourth-order valence-corrected chi connectivity index (χ4v) is 2.38. The number of hydrogen-bond donors (Lipinski definition) is 2. The summed E-state index contributed by atoms with van der Waals surface area (Å²) < 4.78 is 5.12. The third-order valence-corrected chi connectivity index (χ3v) is 3.52. The summed E-state index contributed by atoms with van der Waals surface area (Å²) in [5.41, 5.74) is 7.43. The number of aromatic amines is 1. The van der Waals surface area contributed by atoms with Gasteiger partial charge in [0.15, 0.2) is 11.0 Å². The van der Waals surface area contributed by atoms with Crippen molar-refractivity contribution in [2.45, 2.75) is 6.42 Å². The van der Waals surface area contributed by atoms with Crippen LogP contribution in [0, 0.1) is 0 Å². The van der Waals surface area contributed by atoms with E-state index >= 15 is 0 Å². The zero-order chi connectivity index (χ0) is 13.9. The average molecular weight is 287 g/mol. The van der Waals surface area contributed by atoms with Crippen LogP contribution < -0.4 is 10.5 Å². The lowest BCUT2D eigenvalue weighted by molar-refractivity contribution is 0.415. The first-order chi connectivity index (χ1) is 9.74. The molecule has 0 aliphatic carbocycles. The zero-order valence-corrected chi connectivity index (χ0v) is 11.6. The summed E-state index contributed by atoms with van der Waals surface area (Å²) in [7, 11) is 1.64. The lowest BCUT2D eigenvalue weighted by Gasteiger charge is -1.99. The minimum Gasteiger partial charge on any atom is -0.497 e. The Morgan fingerprint density at radius 1 is 1.25 bits per heavy atom. The van der Waals surface area contributed by atoms with Gasteiger partial charge in [-0.1, -0.05) is 0 Å². The third-order valence-electron chi connectivity index (χ3n) is 2.80. The molecule has 0 fully saturated rings. The summed E-state index contributed by atoms with van der Waals surface area (Å²) in [5.74, 6) is 2.23. The molecule has 20 heavy (non-hydrogen) atoms. The minimum atomic E-state index is 0.565. The number of thiazole rings is 1. The van der Waals surface area contributed by atoms with Crippen LogP contribution in [0.5, 0.6) is 5.75 Å². The van der Waals surface area contributed by atoms with Gasteiger partial charge in [0.05, 0.1) is 19.2 Å². The maximum atomic E-state index is 5.61. The Kier molecular flexibility index (Phi) is 3.34. The Bertz CT molecular complexity index is 704. The second-order valence-corrected chi connectivity index (χ2v) is 5.08. The highest BCUT2D eigenvalue weighted by atomic mass is 32.1. The van der Waals surface area contributed by atoms with E-state index < -0.39 is 0 Å². The smallest absolute Gasteiger partial charge is 0.181 e. The van der Waals surface area contributed by atoms with Gasteiger partial charge in [-0.2, -0.15) is 5.10 Å². The average Bonchev–Trinajstić information content (AvgIpc) is 3.09. The highest BCUT2D eigenvalue weighted by Gasteiger charge is 2.08. The van der Waals surface area contributed by atoms with Gasteiger partial charge in [0.1, 0.15) is 11.6 Å². The van der Waals surface area contributed by atoms with Gasteiger partial charge in [-0.25, -0.2) is 9.97 Å². The molecule has 0 aliphatic heterocycles. The van der Waals surface area contributed by atoms with Crippen molar-refractivity contribution >= 4 is 16.5 Å². The molecule has 102 valence electrons. The van der Waals surface area contributed by atoms with E-state index in [0.29, 0.717) is 17.4 Å². The molecule has 0 saturated heterocycles. The molecule has 6 nitrogen and oxygen atoms in total. The summed E-state index contributed by atoms with van der Waals surface area (Å²) in [6.07, 6.45) is 0.594. The van der Waals surface area contributed by atoms with E-state index in [1.165, 1.54) is 11.3 Å². The van der Waals surface area contributed by atoms with Crippen LogP contribution in [0.3, 0.4) is 0 Å². The van der Waals surface area contributed by atoms with Gasteiger partial charge in [-0.15, -0.1) is 11.3 Å². The molecule has 0 atom stereocenters. The first kappa shape index (κ1) is 12.6. The molecule has 0 unspecified atom stereocenters. The van der Waals surface area contributed by atoms with E-state index in [-0.39, 0.29) is 0 Å². The Labute approximate surface area is 119 Å². The fraction of sp³-hybridized carbons (Fsp3) is 0.154. The SMILES string of the molecule is COc1ccc(-c2n[nH]c(Cc3csc(N)n3)n2)cc1. The van der Waals surface area contributed by atoms with Crippen LogP contribution >= 0.6 is 11.3 Å². The Hall–Kier alpha value is -2.41. The summed E-state index contributed by atoms with van der Waals surface area (Å²) in [6, 6.07) is 7.61. The number of rotatable bonds is 4. The second-order valence-electron chi connectivity index (χ2n) is 4.19. The van der Waals surface area contributed by atoms with Gasteiger partial charge in [0.25, 0.3) is 0 Å². The van der Waals surface area contributed by atoms with Crippen LogP contribution in [0.25, 0.3) is 11.4 Å². The van der Waals surface area contributed by atoms with Crippen LogP contribution in [0.2, 0.25) is 0 Å². The minimum absolute atomic E-state index is 0.565. The molecule has 0 aliphatic rings. The van der Waals surface area contributed by atoms with Gasteiger partial charge in [-0.05, 0) is 24.3 Å². The Morgan fingerprint density at radius 3 is 2.70 bits per heavy atom. The molecule has 0 saturated carbocycles. The van der Waals surface area contributed by atoms with Crippen molar-refractivity contribution in [3.05, 3.63) is 41.2 Å². The van der Waals surface area contributed by atoms with E-state index in [0.717, 1.165) is 22.8 Å². The first-order valence-electron chi connectivity index (χ1n) is 6.00. The molecule has 7 heteroatoms. The number of nitrogens with zero attached hydrogens (tertiary/aromatic N) is 3. The van der Waals surface area contributed by atoms with Crippen LogP contribution in [0.1, 0.15) is 11.5 Å². The predicted octanol–water partition coefficient (Wildman–Crippen LogP) is 2.11. The molecule has 2 aromatic heterocycles. The van der Waals surface area contributed by atoms with E-state index in [4.69, 9.17) is 10.5 Å². The monoisotopic (exact) mass is 287 g/mol. The van der Waals surface area contributed by atoms with Gasteiger partial charge < -0.3 is 10.5 Å². The van der Waals surface area contributed by atoms with Crippen LogP contribution in [-0.4, -0.2) is 27.3 Å². The van der Waals surface area contributed by atoms with Gasteiger partial charge in [0, 0.05) is 10.9 Å². The standard InChI is InChI=1S/C13H13N5OS/c1-19-10-4-2-8(3-5-10)12-16-11(17-18-12)6-9-7-20-13(14)15-9/h2-5,7H,6H2,1H3,(H2,14,15)(H,16,17,18). The summed E-state index contributed by atoms with van der Waals surface area (Å²) in [4.78, 5) is 8.66. The van der Waals surface area contributed by atoms with Crippen molar-refractivity contribution < 1.29 is 4.74 Å². The molecule has 0 spiro atoms. The molecule has 3 N–H and O–H groups in total. The molecule has 0 amide bonds. The summed E-state index contributed by atoms with van der Waals surface area (Å²) in [6.45, 7) is 0. The largest absolute Gasteiger partial charge is 0.497 e. The van der Waals surface area contributed by atoms with E-state index in [1.54, 1.807) is 7.11 Å². The van der Waals surface area contributed by atoms with Crippen molar-refractivity contribution in [1.82, 2.24) is 20.2 Å². The molecule has 3 aromatic rings. The molecular weight excluding hydrogens is 274 g/mol. The fourth-order valence-electron chi connectivity index (χ4n) is 1.82. The maximum absolute atomic E-state index is 5.61. The molecule has 2 heterocycles. The van der Waals surface area contributed by atoms with E-state index in [2.05, 4.69) is 20.2 Å².